The lowest BCUT2D eigenvalue weighted by molar-refractivity contribution is 0.513. The molecule has 1 N–H and O–H groups in total. The Morgan fingerprint density at radius 1 is 1.19 bits per heavy atom. The van der Waals surface area contributed by atoms with Crippen molar-refractivity contribution in [2.75, 3.05) is 38.4 Å². The number of sulfone groups is 1. The zero-order chi connectivity index (χ0) is 13.0. The zero-order valence-corrected chi connectivity index (χ0v) is 11.7. The van der Waals surface area contributed by atoms with Gasteiger partial charge in [0.2, 0.25) is 10.0 Å². The molecule has 0 aliphatic rings. The molecule has 6 nitrogen and oxygen atoms in total. The standard InChI is InChI=1S/C8H20N2O4S2/c1-8(7-15(4,11)12)9-5-6-16(13,14)10(2)3/h8-9H,5-7H2,1-4H3. The molecule has 0 spiro atoms. The van der Waals surface area contributed by atoms with Crippen molar-refractivity contribution in [3.8, 4) is 0 Å². The van der Waals surface area contributed by atoms with Crippen molar-refractivity contribution in [3.63, 3.8) is 0 Å². The van der Waals surface area contributed by atoms with E-state index in [1.165, 1.54) is 14.1 Å². The van der Waals surface area contributed by atoms with Crippen LogP contribution in [0.25, 0.3) is 0 Å². The molecule has 0 aromatic heterocycles. The highest BCUT2D eigenvalue weighted by Gasteiger charge is 2.14. The number of hydrogen-bond acceptors (Lipinski definition) is 5. The molecule has 0 aliphatic heterocycles. The van der Waals surface area contributed by atoms with Gasteiger partial charge < -0.3 is 5.32 Å². The van der Waals surface area contributed by atoms with E-state index in [0.29, 0.717) is 0 Å². The molecule has 1 atom stereocenters. The minimum Gasteiger partial charge on any atom is -0.312 e. The van der Waals surface area contributed by atoms with E-state index in [-0.39, 0.29) is 24.1 Å². The van der Waals surface area contributed by atoms with Gasteiger partial charge in [-0.3, -0.25) is 0 Å². The van der Waals surface area contributed by atoms with Crippen LogP contribution in [0, 0.1) is 0 Å². The van der Waals surface area contributed by atoms with E-state index in [2.05, 4.69) is 5.32 Å². The molecule has 0 saturated carbocycles. The smallest absolute Gasteiger partial charge is 0.214 e. The SMILES string of the molecule is CC(CS(C)(=O)=O)NCCS(=O)(=O)N(C)C. The van der Waals surface area contributed by atoms with Crippen LogP contribution in [0.3, 0.4) is 0 Å². The van der Waals surface area contributed by atoms with Crippen molar-refractivity contribution in [3.05, 3.63) is 0 Å². The quantitative estimate of drug-likeness (QED) is 0.636. The van der Waals surface area contributed by atoms with E-state index in [0.717, 1.165) is 10.6 Å². The molecule has 0 saturated heterocycles. The first-order valence-corrected chi connectivity index (χ1v) is 8.53. The summed E-state index contributed by atoms with van der Waals surface area (Å²) in [5, 5.41) is 2.87. The maximum absolute atomic E-state index is 11.4. The number of hydrogen-bond donors (Lipinski definition) is 1. The molecule has 1 unspecified atom stereocenters. The molecule has 0 aliphatic carbocycles. The molecule has 0 aromatic carbocycles. The minimum atomic E-state index is -3.22. The summed E-state index contributed by atoms with van der Waals surface area (Å²) in [5.41, 5.74) is 0. The van der Waals surface area contributed by atoms with E-state index in [1.54, 1.807) is 6.92 Å². The fourth-order valence-corrected chi connectivity index (χ4v) is 2.90. The van der Waals surface area contributed by atoms with Gasteiger partial charge in [0, 0.05) is 32.9 Å². The highest BCUT2D eigenvalue weighted by atomic mass is 32.2. The Hall–Kier alpha value is -0.180. The van der Waals surface area contributed by atoms with E-state index >= 15 is 0 Å². The maximum Gasteiger partial charge on any atom is 0.214 e. The first kappa shape index (κ1) is 15.8. The Morgan fingerprint density at radius 3 is 2.06 bits per heavy atom. The van der Waals surface area contributed by atoms with Gasteiger partial charge in [0.1, 0.15) is 9.84 Å². The molecule has 16 heavy (non-hydrogen) atoms. The lowest BCUT2D eigenvalue weighted by atomic mass is 10.4. The summed E-state index contributed by atoms with van der Waals surface area (Å²) in [6.45, 7) is 1.96. The molecule has 8 heteroatoms. The van der Waals surface area contributed by atoms with Crippen LogP contribution in [0.15, 0.2) is 0 Å². The van der Waals surface area contributed by atoms with E-state index in [9.17, 15) is 16.8 Å². The molecule has 0 heterocycles. The molecule has 0 radical (unpaired) electrons. The molecule has 0 bridgehead atoms. The van der Waals surface area contributed by atoms with Crippen molar-refractivity contribution in [2.24, 2.45) is 0 Å². The monoisotopic (exact) mass is 272 g/mol. The van der Waals surface area contributed by atoms with Crippen LogP contribution < -0.4 is 5.32 Å². The molecule has 0 rings (SSSR count). The molecule has 0 aromatic rings. The second kappa shape index (κ2) is 5.95. The van der Waals surface area contributed by atoms with Crippen LogP contribution >= 0.6 is 0 Å². The van der Waals surface area contributed by atoms with Crippen molar-refractivity contribution in [1.82, 2.24) is 9.62 Å². The van der Waals surface area contributed by atoms with Gasteiger partial charge in [-0.15, -0.1) is 0 Å². The first-order chi connectivity index (χ1) is 7.04. The minimum absolute atomic E-state index is 0.00894. The molecule has 0 fully saturated rings. The summed E-state index contributed by atoms with van der Waals surface area (Å²) >= 11 is 0. The van der Waals surface area contributed by atoms with Gasteiger partial charge >= 0.3 is 0 Å². The summed E-state index contributed by atoms with van der Waals surface area (Å²) in [6, 6.07) is -0.243. The Bertz CT molecular complexity index is 400. The van der Waals surface area contributed by atoms with Gasteiger partial charge in [0.05, 0.1) is 11.5 Å². The lowest BCUT2D eigenvalue weighted by Crippen LogP contribution is -2.38. The van der Waals surface area contributed by atoms with Gasteiger partial charge in [-0.05, 0) is 6.92 Å². The van der Waals surface area contributed by atoms with Crippen LogP contribution in [-0.4, -0.2) is 65.6 Å². The average Bonchev–Trinajstić information content (AvgIpc) is 1.99. The number of rotatable bonds is 7. The van der Waals surface area contributed by atoms with Crippen molar-refractivity contribution in [2.45, 2.75) is 13.0 Å². The fourth-order valence-electron chi connectivity index (χ4n) is 1.13. The van der Waals surface area contributed by atoms with Gasteiger partial charge in [-0.2, -0.15) is 0 Å². The number of sulfonamides is 1. The fraction of sp³-hybridized carbons (Fsp3) is 1.00. The van der Waals surface area contributed by atoms with Crippen LogP contribution in [0.2, 0.25) is 0 Å². The van der Waals surface area contributed by atoms with Gasteiger partial charge in [0.15, 0.2) is 0 Å². The maximum atomic E-state index is 11.4. The summed E-state index contributed by atoms with van der Waals surface area (Å²) in [5.74, 6) is -0.0247. The zero-order valence-electron chi connectivity index (χ0n) is 10.1. The van der Waals surface area contributed by atoms with Gasteiger partial charge in [0.25, 0.3) is 0 Å². The molecule has 0 amide bonds. The Balaban J connectivity index is 4.01. The number of nitrogens with one attached hydrogen (secondary N) is 1. The molecular weight excluding hydrogens is 252 g/mol. The molecule has 98 valence electrons. The second-order valence-electron chi connectivity index (χ2n) is 4.05. The van der Waals surface area contributed by atoms with Gasteiger partial charge in [-0.25, -0.2) is 21.1 Å². The predicted molar refractivity (Wildman–Crippen MR) is 64.6 cm³/mol. The Kier molecular flexibility index (Phi) is 5.88. The van der Waals surface area contributed by atoms with Crippen LogP contribution in [0.5, 0.6) is 0 Å². The third-order valence-corrected chi connectivity index (χ3v) is 4.90. The molecular formula is C8H20N2O4S2. The van der Waals surface area contributed by atoms with Crippen LogP contribution in [-0.2, 0) is 19.9 Å². The largest absolute Gasteiger partial charge is 0.312 e. The van der Waals surface area contributed by atoms with Gasteiger partial charge in [-0.1, -0.05) is 0 Å². The highest BCUT2D eigenvalue weighted by Crippen LogP contribution is 1.94. The Labute approximate surface area is 98.0 Å². The lowest BCUT2D eigenvalue weighted by Gasteiger charge is -2.14. The summed E-state index contributed by atoms with van der Waals surface area (Å²) < 4.78 is 45.8. The normalized spacial score (nSPS) is 15.3. The van der Waals surface area contributed by atoms with Crippen LogP contribution in [0.4, 0.5) is 0 Å². The van der Waals surface area contributed by atoms with E-state index in [1.807, 2.05) is 0 Å². The summed E-state index contributed by atoms with van der Waals surface area (Å²) in [7, 11) is -3.31. The number of nitrogens with zero attached hydrogens (tertiary/aromatic N) is 1. The van der Waals surface area contributed by atoms with Crippen molar-refractivity contribution < 1.29 is 16.8 Å². The van der Waals surface area contributed by atoms with Crippen LogP contribution in [0.1, 0.15) is 6.92 Å². The summed E-state index contributed by atoms with van der Waals surface area (Å²) in [4.78, 5) is 0. The second-order valence-corrected chi connectivity index (χ2v) is 8.53. The average molecular weight is 272 g/mol. The van der Waals surface area contributed by atoms with Crippen molar-refractivity contribution >= 4 is 19.9 Å². The highest BCUT2D eigenvalue weighted by molar-refractivity contribution is 7.90. The third kappa shape index (κ3) is 7.15. The summed E-state index contributed by atoms with van der Waals surface area (Å²) in [6.07, 6.45) is 1.15. The topological polar surface area (TPSA) is 83.5 Å². The van der Waals surface area contributed by atoms with E-state index in [4.69, 9.17) is 0 Å². The predicted octanol–water partition coefficient (Wildman–Crippen LogP) is -1.10. The Morgan fingerprint density at radius 2 is 1.69 bits per heavy atom. The van der Waals surface area contributed by atoms with Crippen molar-refractivity contribution in [1.29, 1.82) is 0 Å². The first-order valence-electron chi connectivity index (χ1n) is 4.86. The van der Waals surface area contributed by atoms with E-state index < -0.39 is 19.9 Å². The third-order valence-electron chi connectivity index (χ3n) is 1.96.